The van der Waals surface area contributed by atoms with Crippen molar-refractivity contribution in [1.82, 2.24) is 9.97 Å². The van der Waals surface area contributed by atoms with Crippen molar-refractivity contribution in [1.29, 1.82) is 0 Å². The van der Waals surface area contributed by atoms with E-state index >= 15 is 0 Å². The van der Waals surface area contributed by atoms with Crippen LogP contribution in [0.4, 0.5) is 16.5 Å². The first-order valence-electron chi connectivity index (χ1n) is 10.4. The number of carbonyl (C=O) groups excluding carboxylic acids is 1. The first-order chi connectivity index (χ1) is 15.6. The molecule has 2 N–H and O–H groups in total. The minimum absolute atomic E-state index is 0.166. The Labute approximate surface area is 191 Å². The Bertz CT molecular complexity index is 1200. The second-order valence-electron chi connectivity index (χ2n) is 7.62. The molecule has 4 aromatic rings. The van der Waals surface area contributed by atoms with E-state index in [-0.39, 0.29) is 5.91 Å². The lowest BCUT2D eigenvalue weighted by molar-refractivity contribution is -0.111. The Balaban J connectivity index is 1.32. The predicted molar refractivity (Wildman–Crippen MR) is 133 cm³/mol. The van der Waals surface area contributed by atoms with Crippen molar-refractivity contribution in [3.63, 3.8) is 0 Å². The number of thiazole rings is 1. The molecule has 5 nitrogen and oxygen atoms in total. The zero-order valence-electron chi connectivity index (χ0n) is 17.9. The van der Waals surface area contributed by atoms with E-state index in [9.17, 15) is 4.79 Å². The van der Waals surface area contributed by atoms with Gasteiger partial charge < -0.3 is 10.6 Å². The number of pyridine rings is 1. The second-order valence-corrected chi connectivity index (χ2v) is 8.48. The van der Waals surface area contributed by atoms with Gasteiger partial charge in [-0.15, -0.1) is 11.3 Å². The van der Waals surface area contributed by atoms with Crippen LogP contribution in [-0.4, -0.2) is 15.9 Å². The Kier molecular flexibility index (Phi) is 6.72. The normalized spacial score (nSPS) is 11.1. The van der Waals surface area contributed by atoms with Gasteiger partial charge in [0.05, 0.1) is 5.69 Å². The number of carbonyl (C=O) groups is 1. The zero-order valence-corrected chi connectivity index (χ0v) is 18.8. The number of anilines is 3. The van der Waals surface area contributed by atoms with Gasteiger partial charge in [-0.1, -0.05) is 38.1 Å². The van der Waals surface area contributed by atoms with Crippen molar-refractivity contribution in [2.45, 2.75) is 19.8 Å². The van der Waals surface area contributed by atoms with Crippen molar-refractivity contribution in [3.05, 3.63) is 95.6 Å². The molecule has 0 aliphatic heterocycles. The van der Waals surface area contributed by atoms with Crippen LogP contribution in [0.25, 0.3) is 17.3 Å². The third kappa shape index (κ3) is 5.68. The van der Waals surface area contributed by atoms with Crippen LogP contribution in [0, 0.1) is 0 Å². The fraction of sp³-hybridized carbons (Fsp3) is 0.115. The summed E-state index contributed by atoms with van der Waals surface area (Å²) in [4.78, 5) is 20.9. The molecule has 0 saturated heterocycles. The summed E-state index contributed by atoms with van der Waals surface area (Å²) >= 11 is 1.54. The fourth-order valence-corrected chi connectivity index (χ4v) is 3.83. The summed E-state index contributed by atoms with van der Waals surface area (Å²) in [6.07, 6.45) is 6.88. The molecule has 0 fully saturated rings. The smallest absolute Gasteiger partial charge is 0.248 e. The van der Waals surface area contributed by atoms with E-state index in [4.69, 9.17) is 0 Å². The molecule has 0 spiro atoms. The minimum Gasteiger partial charge on any atom is -0.332 e. The average molecular weight is 441 g/mol. The van der Waals surface area contributed by atoms with E-state index in [1.807, 2.05) is 60.0 Å². The molecule has 2 heterocycles. The van der Waals surface area contributed by atoms with E-state index in [1.165, 1.54) is 16.9 Å². The standard InChI is InChI=1S/C26H24N4OS/c1-18(2)20-6-3-19(4-7-20)5-12-25(31)28-22-8-10-23(11-9-22)29-26-30-24(17-32-26)21-13-15-27-16-14-21/h3-18H,1-2H3,(H,28,31)(H,29,30)/b12-5+. The van der Waals surface area contributed by atoms with Gasteiger partial charge in [0, 0.05) is 40.8 Å². The zero-order chi connectivity index (χ0) is 22.3. The molecule has 1 amide bonds. The summed E-state index contributed by atoms with van der Waals surface area (Å²) in [5.74, 6) is 0.327. The molecule has 0 aliphatic carbocycles. The molecule has 6 heteroatoms. The minimum atomic E-state index is -0.166. The van der Waals surface area contributed by atoms with Crippen LogP contribution in [0.1, 0.15) is 30.9 Å². The monoisotopic (exact) mass is 440 g/mol. The molecule has 4 rings (SSSR count). The van der Waals surface area contributed by atoms with Crippen LogP contribution in [0.3, 0.4) is 0 Å². The van der Waals surface area contributed by atoms with Crippen LogP contribution in [0.15, 0.2) is 84.5 Å². The third-order valence-corrected chi connectivity index (χ3v) is 5.67. The van der Waals surface area contributed by atoms with Gasteiger partial charge in [-0.2, -0.15) is 0 Å². The van der Waals surface area contributed by atoms with E-state index in [1.54, 1.807) is 18.5 Å². The first-order valence-corrected chi connectivity index (χ1v) is 11.3. The number of hydrogen-bond donors (Lipinski definition) is 2. The molecule has 0 atom stereocenters. The van der Waals surface area contributed by atoms with Crippen LogP contribution in [0.5, 0.6) is 0 Å². The summed E-state index contributed by atoms with van der Waals surface area (Å²) in [7, 11) is 0. The highest BCUT2D eigenvalue weighted by atomic mass is 32.1. The predicted octanol–water partition coefficient (Wildman–Crippen LogP) is 6.72. The number of amides is 1. The molecule has 32 heavy (non-hydrogen) atoms. The molecule has 2 aromatic carbocycles. The largest absolute Gasteiger partial charge is 0.332 e. The summed E-state index contributed by atoms with van der Waals surface area (Å²) in [5.41, 5.74) is 5.86. The Morgan fingerprint density at radius 1 is 0.938 bits per heavy atom. The summed E-state index contributed by atoms with van der Waals surface area (Å²) in [5, 5.41) is 9.00. The quantitative estimate of drug-likeness (QED) is 0.313. The van der Waals surface area contributed by atoms with Crippen molar-refractivity contribution in [3.8, 4) is 11.3 Å². The van der Waals surface area contributed by atoms with Crippen molar-refractivity contribution < 1.29 is 4.79 Å². The maximum Gasteiger partial charge on any atom is 0.248 e. The van der Waals surface area contributed by atoms with Gasteiger partial charge in [-0.25, -0.2) is 4.98 Å². The van der Waals surface area contributed by atoms with E-state index in [0.717, 1.165) is 33.3 Å². The number of nitrogens with zero attached hydrogens (tertiary/aromatic N) is 2. The lowest BCUT2D eigenvalue weighted by Gasteiger charge is -2.06. The summed E-state index contributed by atoms with van der Waals surface area (Å²) in [6, 6.07) is 19.7. The van der Waals surface area contributed by atoms with E-state index in [2.05, 4.69) is 46.6 Å². The van der Waals surface area contributed by atoms with E-state index in [0.29, 0.717) is 5.92 Å². The third-order valence-electron chi connectivity index (χ3n) is 4.91. The number of aromatic nitrogens is 2. The lowest BCUT2D eigenvalue weighted by Crippen LogP contribution is -2.07. The fourth-order valence-electron chi connectivity index (χ4n) is 3.09. The Morgan fingerprint density at radius 3 is 2.31 bits per heavy atom. The number of nitrogens with one attached hydrogen (secondary N) is 2. The summed E-state index contributed by atoms with van der Waals surface area (Å²) < 4.78 is 0. The van der Waals surface area contributed by atoms with Crippen molar-refractivity contribution in [2.75, 3.05) is 10.6 Å². The maximum atomic E-state index is 12.2. The van der Waals surface area contributed by atoms with Gasteiger partial charge in [0.25, 0.3) is 0 Å². The Morgan fingerprint density at radius 2 is 1.62 bits per heavy atom. The molecular formula is C26H24N4OS. The van der Waals surface area contributed by atoms with Gasteiger partial charge in [0.2, 0.25) is 5.91 Å². The van der Waals surface area contributed by atoms with Crippen LogP contribution >= 0.6 is 11.3 Å². The molecule has 0 unspecified atom stereocenters. The highest BCUT2D eigenvalue weighted by Gasteiger charge is 2.05. The molecule has 2 aromatic heterocycles. The molecule has 0 bridgehead atoms. The second kappa shape index (κ2) is 10.0. The van der Waals surface area contributed by atoms with Gasteiger partial charge >= 0.3 is 0 Å². The van der Waals surface area contributed by atoms with Crippen LogP contribution in [-0.2, 0) is 4.79 Å². The van der Waals surface area contributed by atoms with Crippen molar-refractivity contribution >= 4 is 39.8 Å². The topological polar surface area (TPSA) is 66.9 Å². The number of benzene rings is 2. The van der Waals surface area contributed by atoms with Gasteiger partial charge in [0.15, 0.2) is 5.13 Å². The highest BCUT2D eigenvalue weighted by molar-refractivity contribution is 7.14. The SMILES string of the molecule is CC(C)c1ccc(/C=C/C(=O)Nc2ccc(Nc3nc(-c4ccncc4)cs3)cc2)cc1. The number of hydrogen-bond acceptors (Lipinski definition) is 5. The lowest BCUT2D eigenvalue weighted by atomic mass is 10.0. The maximum absolute atomic E-state index is 12.2. The molecule has 0 saturated carbocycles. The first kappa shape index (κ1) is 21.5. The molecular weight excluding hydrogens is 416 g/mol. The molecule has 0 radical (unpaired) electrons. The Hall–Kier alpha value is -3.77. The van der Waals surface area contributed by atoms with Crippen LogP contribution in [0.2, 0.25) is 0 Å². The van der Waals surface area contributed by atoms with Crippen molar-refractivity contribution in [2.24, 2.45) is 0 Å². The van der Waals surface area contributed by atoms with Gasteiger partial charge in [-0.3, -0.25) is 9.78 Å². The van der Waals surface area contributed by atoms with Gasteiger partial charge in [0.1, 0.15) is 0 Å². The summed E-state index contributed by atoms with van der Waals surface area (Å²) in [6.45, 7) is 4.33. The number of rotatable bonds is 7. The van der Waals surface area contributed by atoms with Gasteiger partial charge in [-0.05, 0) is 59.5 Å². The van der Waals surface area contributed by atoms with E-state index < -0.39 is 0 Å². The molecule has 0 aliphatic rings. The average Bonchev–Trinajstić information content (AvgIpc) is 3.28. The highest BCUT2D eigenvalue weighted by Crippen LogP contribution is 2.27. The molecule has 160 valence electrons. The van der Waals surface area contributed by atoms with Crippen LogP contribution < -0.4 is 10.6 Å².